The van der Waals surface area contributed by atoms with Crippen molar-refractivity contribution in [3.05, 3.63) is 33.8 Å². The van der Waals surface area contributed by atoms with Crippen LogP contribution in [0.1, 0.15) is 45.2 Å². The maximum Gasteiger partial charge on any atom is 0.0468 e. The summed E-state index contributed by atoms with van der Waals surface area (Å²) in [6.07, 6.45) is 2.40. The van der Waals surface area contributed by atoms with E-state index in [2.05, 4.69) is 31.0 Å². The number of nitrogens with one attached hydrogen (secondary N) is 1. The van der Waals surface area contributed by atoms with Gasteiger partial charge in [0, 0.05) is 28.2 Å². The molecule has 1 heterocycles. The quantitative estimate of drug-likeness (QED) is 0.879. The van der Waals surface area contributed by atoms with Crippen molar-refractivity contribution in [2.24, 2.45) is 0 Å². The number of hydrogen-bond donors (Lipinski definition) is 1. The highest BCUT2D eigenvalue weighted by Crippen LogP contribution is 2.27. The average molecular weight is 315 g/mol. The molecule has 2 rings (SSSR count). The fourth-order valence-electron chi connectivity index (χ4n) is 2.88. The zero-order valence-electron chi connectivity index (χ0n) is 12.5. The Balaban J connectivity index is 1.90. The van der Waals surface area contributed by atoms with Crippen LogP contribution in [0.2, 0.25) is 10.0 Å². The van der Waals surface area contributed by atoms with E-state index in [0.717, 1.165) is 10.6 Å². The molecule has 0 aromatic heterocycles. The van der Waals surface area contributed by atoms with Crippen LogP contribution in [0.3, 0.4) is 0 Å². The summed E-state index contributed by atoms with van der Waals surface area (Å²) >= 11 is 12.2. The van der Waals surface area contributed by atoms with Crippen molar-refractivity contribution in [2.45, 2.75) is 51.7 Å². The van der Waals surface area contributed by atoms with Gasteiger partial charge in [-0.3, -0.25) is 0 Å². The Labute approximate surface area is 132 Å². The van der Waals surface area contributed by atoms with Crippen molar-refractivity contribution in [1.82, 2.24) is 10.2 Å². The summed E-state index contributed by atoms with van der Waals surface area (Å²) in [6.45, 7) is 9.06. The first-order chi connectivity index (χ1) is 9.47. The molecule has 0 amide bonds. The number of piperidine rings is 1. The molecule has 2 nitrogen and oxygen atoms in total. The van der Waals surface area contributed by atoms with Crippen LogP contribution in [0.25, 0.3) is 0 Å². The molecular weight excluding hydrogens is 291 g/mol. The predicted octanol–water partition coefficient (Wildman–Crippen LogP) is 4.52. The number of likely N-dealkylation sites (tertiary alicyclic amines) is 1. The highest BCUT2D eigenvalue weighted by Gasteiger charge is 2.22. The van der Waals surface area contributed by atoms with E-state index in [4.69, 9.17) is 23.2 Å². The third kappa shape index (κ3) is 4.11. The highest BCUT2D eigenvalue weighted by atomic mass is 35.5. The lowest BCUT2D eigenvalue weighted by molar-refractivity contribution is 0.157. The first-order valence-corrected chi connectivity index (χ1v) is 8.18. The lowest BCUT2D eigenvalue weighted by Crippen LogP contribution is -2.45. The zero-order chi connectivity index (χ0) is 14.7. The second-order valence-electron chi connectivity index (χ2n) is 5.96. The molecule has 0 saturated carbocycles. The Hall–Kier alpha value is -0.280. The Morgan fingerprint density at radius 2 is 1.80 bits per heavy atom. The molecule has 4 heteroatoms. The fraction of sp³-hybridized carbons (Fsp3) is 0.625. The van der Waals surface area contributed by atoms with Crippen molar-refractivity contribution in [3.63, 3.8) is 0 Å². The topological polar surface area (TPSA) is 15.3 Å². The van der Waals surface area contributed by atoms with E-state index in [0.29, 0.717) is 17.1 Å². The molecular formula is C16H24Cl2N2. The number of nitrogens with zero attached hydrogens (tertiary/aromatic N) is 1. The third-order valence-corrected chi connectivity index (χ3v) is 4.74. The summed E-state index contributed by atoms with van der Waals surface area (Å²) in [5.41, 5.74) is 1.13. The van der Waals surface area contributed by atoms with Gasteiger partial charge in [0.1, 0.15) is 0 Å². The summed E-state index contributed by atoms with van der Waals surface area (Å²) < 4.78 is 0. The summed E-state index contributed by atoms with van der Waals surface area (Å²) in [7, 11) is 0. The molecule has 1 aromatic carbocycles. The summed E-state index contributed by atoms with van der Waals surface area (Å²) in [5, 5.41) is 5.14. The first-order valence-electron chi connectivity index (χ1n) is 7.42. The summed E-state index contributed by atoms with van der Waals surface area (Å²) in [5.74, 6) is 0. The van der Waals surface area contributed by atoms with Crippen LogP contribution < -0.4 is 5.32 Å². The van der Waals surface area contributed by atoms with Gasteiger partial charge in [0.2, 0.25) is 0 Å². The zero-order valence-corrected chi connectivity index (χ0v) is 14.0. The molecule has 1 atom stereocenters. The van der Waals surface area contributed by atoms with E-state index in [1.165, 1.54) is 25.9 Å². The molecule has 0 spiro atoms. The van der Waals surface area contributed by atoms with Crippen molar-refractivity contribution in [3.8, 4) is 0 Å². The highest BCUT2D eigenvalue weighted by molar-refractivity contribution is 6.35. The van der Waals surface area contributed by atoms with Crippen molar-refractivity contribution < 1.29 is 0 Å². The van der Waals surface area contributed by atoms with Gasteiger partial charge < -0.3 is 10.2 Å². The van der Waals surface area contributed by atoms with Crippen molar-refractivity contribution in [2.75, 3.05) is 13.1 Å². The van der Waals surface area contributed by atoms with E-state index in [-0.39, 0.29) is 6.04 Å². The van der Waals surface area contributed by atoms with Crippen molar-refractivity contribution in [1.29, 1.82) is 0 Å². The lowest BCUT2D eigenvalue weighted by atomic mass is 10.0. The largest absolute Gasteiger partial charge is 0.307 e. The maximum absolute atomic E-state index is 6.27. The smallest absolute Gasteiger partial charge is 0.0468 e. The van der Waals surface area contributed by atoms with Crippen LogP contribution in [0.5, 0.6) is 0 Å². The Kier molecular flexibility index (Phi) is 5.74. The number of benzene rings is 1. The Morgan fingerprint density at radius 1 is 1.15 bits per heavy atom. The van der Waals surface area contributed by atoms with Gasteiger partial charge in [0.25, 0.3) is 0 Å². The monoisotopic (exact) mass is 314 g/mol. The van der Waals surface area contributed by atoms with Crippen molar-refractivity contribution >= 4 is 23.2 Å². The van der Waals surface area contributed by atoms with Crippen LogP contribution >= 0.6 is 23.2 Å². The second kappa shape index (κ2) is 7.13. The molecule has 1 aromatic rings. The van der Waals surface area contributed by atoms with E-state index >= 15 is 0 Å². The molecule has 112 valence electrons. The maximum atomic E-state index is 6.27. The van der Waals surface area contributed by atoms with E-state index in [1.807, 2.05) is 18.2 Å². The Bertz CT molecular complexity index is 440. The molecule has 1 saturated heterocycles. The Morgan fingerprint density at radius 3 is 2.35 bits per heavy atom. The van der Waals surface area contributed by atoms with Crippen LogP contribution in [-0.4, -0.2) is 30.1 Å². The third-order valence-electron chi connectivity index (χ3n) is 4.17. The molecule has 1 unspecified atom stereocenters. The SMILES string of the molecule is CC(NC1CCN(C(C)C)CC1)c1ccc(Cl)cc1Cl. The molecule has 1 aliphatic rings. The normalized spacial score (nSPS) is 19.5. The van der Waals surface area contributed by atoms with Gasteiger partial charge in [0.05, 0.1) is 0 Å². The van der Waals surface area contributed by atoms with Gasteiger partial charge in [-0.2, -0.15) is 0 Å². The average Bonchev–Trinajstić information content (AvgIpc) is 2.39. The van der Waals surface area contributed by atoms with E-state index in [1.54, 1.807) is 0 Å². The van der Waals surface area contributed by atoms with Gasteiger partial charge in [-0.15, -0.1) is 0 Å². The predicted molar refractivity (Wildman–Crippen MR) is 87.7 cm³/mol. The van der Waals surface area contributed by atoms with Crippen LogP contribution in [0.4, 0.5) is 0 Å². The van der Waals surface area contributed by atoms with Gasteiger partial charge in [0.15, 0.2) is 0 Å². The van der Waals surface area contributed by atoms with Gasteiger partial charge >= 0.3 is 0 Å². The standard InChI is InChI=1S/C16H24Cl2N2/c1-11(2)20-8-6-14(7-9-20)19-12(3)15-5-4-13(17)10-16(15)18/h4-5,10-12,14,19H,6-9H2,1-3H3. The summed E-state index contributed by atoms with van der Waals surface area (Å²) in [4.78, 5) is 2.54. The molecule has 1 fully saturated rings. The second-order valence-corrected chi connectivity index (χ2v) is 6.80. The number of rotatable bonds is 4. The molecule has 0 bridgehead atoms. The van der Waals surface area contributed by atoms with E-state index in [9.17, 15) is 0 Å². The lowest BCUT2D eigenvalue weighted by Gasteiger charge is -2.36. The molecule has 1 N–H and O–H groups in total. The number of hydrogen-bond acceptors (Lipinski definition) is 2. The van der Waals surface area contributed by atoms with Crippen LogP contribution in [0.15, 0.2) is 18.2 Å². The first kappa shape index (κ1) is 16.1. The molecule has 1 aliphatic heterocycles. The van der Waals surface area contributed by atoms with Crippen LogP contribution in [0, 0.1) is 0 Å². The molecule has 0 aliphatic carbocycles. The minimum Gasteiger partial charge on any atom is -0.307 e. The van der Waals surface area contributed by atoms with E-state index < -0.39 is 0 Å². The minimum absolute atomic E-state index is 0.260. The minimum atomic E-state index is 0.260. The van der Waals surface area contributed by atoms with Gasteiger partial charge in [-0.25, -0.2) is 0 Å². The fourth-order valence-corrected chi connectivity index (χ4v) is 3.45. The van der Waals surface area contributed by atoms with Gasteiger partial charge in [-0.1, -0.05) is 29.3 Å². The van der Waals surface area contributed by atoms with Crippen LogP contribution in [-0.2, 0) is 0 Å². The molecule has 20 heavy (non-hydrogen) atoms. The molecule has 0 radical (unpaired) electrons. The summed E-state index contributed by atoms with van der Waals surface area (Å²) in [6, 6.07) is 7.23. The van der Waals surface area contributed by atoms with Gasteiger partial charge in [-0.05, 0) is 64.4 Å². The number of halogens is 2.